The lowest BCUT2D eigenvalue weighted by molar-refractivity contribution is -0.310. The van der Waals surface area contributed by atoms with Crippen LogP contribution in [0.5, 0.6) is 0 Å². The Kier molecular flexibility index (Phi) is 4.01. The highest BCUT2D eigenvalue weighted by atomic mass is 35.5. The van der Waals surface area contributed by atoms with E-state index in [4.69, 9.17) is 11.6 Å². The number of benzene rings is 1. The summed E-state index contributed by atoms with van der Waals surface area (Å²) in [5.41, 5.74) is 0.133. The molecule has 1 heterocycles. The van der Waals surface area contributed by atoms with Gasteiger partial charge in [-0.3, -0.25) is 4.79 Å². The highest BCUT2D eigenvalue weighted by molar-refractivity contribution is 7.99. The molecule has 1 aliphatic rings. The summed E-state index contributed by atoms with van der Waals surface area (Å²) >= 11 is 7.11. The number of hydrogen-bond donors (Lipinski definition) is 0. The summed E-state index contributed by atoms with van der Waals surface area (Å²) in [5.74, 6) is -2.21. The third kappa shape index (κ3) is 2.55. The number of nitrogens with zero attached hydrogens (tertiary/aromatic N) is 1. The van der Waals surface area contributed by atoms with Gasteiger partial charge in [-0.15, -0.1) is 11.8 Å². The van der Waals surface area contributed by atoms with Gasteiger partial charge >= 0.3 is 0 Å². The second-order valence-corrected chi connectivity index (χ2v) is 5.60. The van der Waals surface area contributed by atoms with Crippen LogP contribution in [0.4, 0.5) is 4.39 Å². The van der Waals surface area contributed by atoms with E-state index in [-0.39, 0.29) is 16.3 Å². The number of carbonyl (C=O) groups is 2. The van der Waals surface area contributed by atoms with Gasteiger partial charge in [0.1, 0.15) is 11.2 Å². The second-order valence-electron chi connectivity index (χ2n) is 4.08. The average molecular weight is 303 g/mol. The minimum atomic E-state index is -1.35. The Morgan fingerprint density at radius 3 is 2.74 bits per heavy atom. The first-order valence-corrected chi connectivity index (χ1v) is 6.91. The monoisotopic (exact) mass is 302 g/mol. The lowest BCUT2D eigenvalue weighted by atomic mass is 10.1. The third-order valence-electron chi connectivity index (χ3n) is 2.88. The van der Waals surface area contributed by atoms with Crippen LogP contribution in [-0.4, -0.2) is 28.6 Å². The predicted octanol–water partition coefficient (Wildman–Crippen LogP) is 1.19. The maximum atomic E-state index is 13.9. The number of amides is 1. The first-order chi connectivity index (χ1) is 8.93. The Hall–Kier alpha value is -1.27. The number of rotatable bonds is 2. The molecule has 0 bridgehead atoms. The van der Waals surface area contributed by atoms with Crippen molar-refractivity contribution in [3.63, 3.8) is 0 Å². The molecule has 1 aliphatic heterocycles. The number of carboxylic acids is 1. The van der Waals surface area contributed by atoms with Gasteiger partial charge in [-0.05, 0) is 12.1 Å². The molecular weight excluding hydrogens is 293 g/mol. The highest BCUT2D eigenvalue weighted by Gasteiger charge is 2.39. The van der Waals surface area contributed by atoms with Crippen LogP contribution in [0.3, 0.4) is 0 Å². The Balaban J connectivity index is 2.45. The van der Waals surface area contributed by atoms with Gasteiger partial charge in [-0.1, -0.05) is 17.7 Å². The van der Waals surface area contributed by atoms with Crippen LogP contribution in [-0.2, 0) is 9.59 Å². The molecule has 102 valence electrons. The van der Waals surface area contributed by atoms with Crippen molar-refractivity contribution in [1.29, 1.82) is 0 Å². The van der Waals surface area contributed by atoms with E-state index in [0.29, 0.717) is 0 Å². The molecule has 0 saturated carbocycles. The van der Waals surface area contributed by atoms with Crippen molar-refractivity contribution in [3.8, 4) is 0 Å². The molecule has 2 atom stereocenters. The molecule has 2 rings (SSSR count). The van der Waals surface area contributed by atoms with E-state index in [1.807, 2.05) is 0 Å². The standard InChI is InChI=1S/C12H11ClFNO3S/c1-6(16)15-9(12(17)18)5-19-11(15)10-7(13)3-2-4-8(10)14/h2-4,9,11H,5H2,1H3,(H,17,18)/p-1. The summed E-state index contributed by atoms with van der Waals surface area (Å²) in [4.78, 5) is 23.7. The van der Waals surface area contributed by atoms with Gasteiger partial charge in [0.2, 0.25) is 5.91 Å². The van der Waals surface area contributed by atoms with Crippen LogP contribution >= 0.6 is 23.4 Å². The fourth-order valence-corrected chi connectivity index (χ4v) is 3.90. The number of carbonyl (C=O) groups excluding carboxylic acids is 2. The normalized spacial score (nSPS) is 22.6. The van der Waals surface area contributed by atoms with Crippen LogP contribution in [0.15, 0.2) is 18.2 Å². The van der Waals surface area contributed by atoms with Gasteiger partial charge in [0.25, 0.3) is 0 Å². The SMILES string of the molecule is CC(=O)N1C(C(=O)[O-])CSC1c1c(F)cccc1Cl. The Bertz CT molecular complexity index is 519. The average Bonchev–Trinajstić information content (AvgIpc) is 2.73. The maximum absolute atomic E-state index is 13.9. The predicted molar refractivity (Wildman–Crippen MR) is 67.9 cm³/mol. The molecule has 1 amide bonds. The van der Waals surface area contributed by atoms with Crippen molar-refractivity contribution < 1.29 is 19.1 Å². The van der Waals surface area contributed by atoms with E-state index in [1.54, 1.807) is 0 Å². The van der Waals surface area contributed by atoms with E-state index in [0.717, 1.165) is 16.7 Å². The van der Waals surface area contributed by atoms with E-state index in [9.17, 15) is 19.1 Å². The third-order valence-corrected chi connectivity index (χ3v) is 4.50. The molecule has 0 spiro atoms. The smallest absolute Gasteiger partial charge is 0.221 e. The minimum absolute atomic E-state index is 0.133. The molecule has 0 radical (unpaired) electrons. The summed E-state index contributed by atoms with van der Waals surface area (Å²) in [6.45, 7) is 1.24. The van der Waals surface area contributed by atoms with Crippen molar-refractivity contribution >= 4 is 35.2 Å². The summed E-state index contributed by atoms with van der Waals surface area (Å²) in [5, 5.41) is 10.4. The zero-order chi connectivity index (χ0) is 14.2. The first-order valence-electron chi connectivity index (χ1n) is 5.48. The van der Waals surface area contributed by atoms with Crippen LogP contribution in [0.25, 0.3) is 0 Å². The number of thioether (sulfide) groups is 1. The molecule has 1 fully saturated rings. The minimum Gasteiger partial charge on any atom is -0.548 e. The molecule has 7 heteroatoms. The van der Waals surface area contributed by atoms with E-state index in [2.05, 4.69) is 0 Å². The van der Waals surface area contributed by atoms with Crippen molar-refractivity contribution in [3.05, 3.63) is 34.6 Å². The Morgan fingerprint density at radius 2 is 2.21 bits per heavy atom. The van der Waals surface area contributed by atoms with Gasteiger partial charge in [-0.2, -0.15) is 0 Å². The maximum Gasteiger partial charge on any atom is 0.221 e. The second kappa shape index (κ2) is 5.38. The molecule has 2 unspecified atom stereocenters. The zero-order valence-electron chi connectivity index (χ0n) is 9.93. The molecule has 1 saturated heterocycles. The number of halogens is 2. The Labute approximate surface area is 118 Å². The molecule has 1 aromatic rings. The molecule has 1 aromatic carbocycles. The van der Waals surface area contributed by atoms with Crippen molar-refractivity contribution in [2.45, 2.75) is 18.3 Å². The summed E-state index contributed by atoms with van der Waals surface area (Å²) in [7, 11) is 0. The Morgan fingerprint density at radius 1 is 1.53 bits per heavy atom. The van der Waals surface area contributed by atoms with E-state index >= 15 is 0 Å². The van der Waals surface area contributed by atoms with Crippen LogP contribution in [0.2, 0.25) is 5.02 Å². The summed E-state index contributed by atoms with van der Waals surface area (Å²) < 4.78 is 13.9. The molecular formula is C12H10ClFNO3S-. The topological polar surface area (TPSA) is 60.4 Å². The lowest BCUT2D eigenvalue weighted by Crippen LogP contribution is -2.48. The van der Waals surface area contributed by atoms with Crippen LogP contribution < -0.4 is 5.11 Å². The van der Waals surface area contributed by atoms with Gasteiger partial charge in [0.15, 0.2) is 0 Å². The van der Waals surface area contributed by atoms with Crippen LogP contribution in [0.1, 0.15) is 17.9 Å². The fourth-order valence-electron chi connectivity index (χ4n) is 2.04. The molecule has 4 nitrogen and oxygen atoms in total. The van der Waals surface area contributed by atoms with Crippen molar-refractivity contribution in [2.75, 3.05) is 5.75 Å². The fraction of sp³-hybridized carbons (Fsp3) is 0.333. The van der Waals surface area contributed by atoms with E-state index in [1.165, 1.54) is 25.1 Å². The number of aliphatic carboxylic acids is 1. The first kappa shape index (κ1) is 14.1. The van der Waals surface area contributed by atoms with Gasteiger partial charge in [-0.25, -0.2) is 4.39 Å². The number of hydrogen-bond acceptors (Lipinski definition) is 4. The van der Waals surface area contributed by atoms with Gasteiger partial charge in [0.05, 0.1) is 12.0 Å². The molecule has 0 aromatic heterocycles. The van der Waals surface area contributed by atoms with E-state index < -0.39 is 29.1 Å². The largest absolute Gasteiger partial charge is 0.548 e. The van der Waals surface area contributed by atoms with Crippen molar-refractivity contribution in [1.82, 2.24) is 4.90 Å². The highest BCUT2D eigenvalue weighted by Crippen LogP contribution is 2.44. The van der Waals surface area contributed by atoms with Crippen LogP contribution in [0, 0.1) is 5.82 Å². The lowest BCUT2D eigenvalue weighted by Gasteiger charge is -2.29. The zero-order valence-corrected chi connectivity index (χ0v) is 11.5. The molecule has 19 heavy (non-hydrogen) atoms. The number of carboxylic acid groups (broad SMARTS) is 1. The van der Waals surface area contributed by atoms with Gasteiger partial charge in [0, 0.05) is 23.3 Å². The quantitative estimate of drug-likeness (QED) is 0.823. The van der Waals surface area contributed by atoms with Crippen molar-refractivity contribution in [2.24, 2.45) is 0 Å². The summed E-state index contributed by atoms with van der Waals surface area (Å²) in [6, 6.07) is 3.12. The molecule has 0 aliphatic carbocycles. The summed E-state index contributed by atoms with van der Waals surface area (Å²) in [6.07, 6.45) is 0. The van der Waals surface area contributed by atoms with Gasteiger partial charge < -0.3 is 14.8 Å². The molecule has 0 N–H and O–H groups in total.